The van der Waals surface area contributed by atoms with Gasteiger partial charge in [-0.05, 0) is 30.3 Å². The Labute approximate surface area is 122 Å². The van der Waals surface area contributed by atoms with E-state index < -0.39 is 4.92 Å². The first-order chi connectivity index (χ1) is 9.10. The highest BCUT2D eigenvalue weighted by Crippen LogP contribution is 2.34. The molecule has 0 radical (unpaired) electrons. The van der Waals surface area contributed by atoms with Crippen LogP contribution >= 0.6 is 27.7 Å². The Morgan fingerprint density at radius 1 is 1.26 bits per heavy atom. The molecule has 2 rings (SSSR count). The summed E-state index contributed by atoms with van der Waals surface area (Å²) in [7, 11) is 1.72. The average molecular weight is 340 g/mol. The van der Waals surface area contributed by atoms with Crippen molar-refractivity contribution in [3.8, 4) is 0 Å². The first-order valence-corrected chi connectivity index (χ1v) is 6.97. The van der Waals surface area contributed by atoms with Crippen LogP contribution in [-0.2, 0) is 0 Å². The number of nitro groups is 1. The van der Waals surface area contributed by atoms with Crippen LogP contribution in [0.1, 0.15) is 0 Å². The Kier molecular flexibility index (Phi) is 4.39. The summed E-state index contributed by atoms with van der Waals surface area (Å²) in [5, 5.41) is 14.2. The second kappa shape index (κ2) is 6.03. The molecule has 0 atom stereocenters. The van der Waals surface area contributed by atoms with Crippen molar-refractivity contribution in [2.45, 2.75) is 9.92 Å². The molecule has 1 N–H and O–H groups in total. The number of anilines is 1. The molecule has 0 spiro atoms. The maximum absolute atomic E-state index is 11.0. The Morgan fingerprint density at radius 3 is 2.53 bits per heavy atom. The Morgan fingerprint density at radius 2 is 1.95 bits per heavy atom. The molecule has 5 nitrogen and oxygen atoms in total. The minimum atomic E-state index is -0.423. The van der Waals surface area contributed by atoms with E-state index in [1.807, 2.05) is 24.3 Å². The van der Waals surface area contributed by atoms with Crippen LogP contribution in [0.25, 0.3) is 0 Å². The number of halogens is 1. The summed E-state index contributed by atoms with van der Waals surface area (Å²) < 4.78 is 0.961. The lowest BCUT2D eigenvalue weighted by Crippen LogP contribution is -1.97. The minimum absolute atomic E-state index is 0.00641. The molecule has 1 aromatic carbocycles. The monoisotopic (exact) mass is 339 g/mol. The van der Waals surface area contributed by atoms with Crippen molar-refractivity contribution in [2.75, 3.05) is 12.4 Å². The lowest BCUT2D eigenvalue weighted by Gasteiger charge is -2.05. The molecule has 0 aliphatic heterocycles. The maximum atomic E-state index is 11.0. The number of nitrogens with one attached hydrogen (secondary N) is 1. The molecule has 0 amide bonds. The molecular formula is C12H10BrN3O2S. The van der Waals surface area contributed by atoms with Gasteiger partial charge in [0.1, 0.15) is 5.82 Å². The van der Waals surface area contributed by atoms with Gasteiger partial charge in [0, 0.05) is 22.5 Å². The van der Waals surface area contributed by atoms with Crippen LogP contribution in [0.2, 0.25) is 0 Å². The standard InChI is InChI=1S/C12H10BrN3O2S/c1-14-11-7-6-10(16(17)18)12(15-11)19-9-4-2-8(13)3-5-9/h2-7H,1H3,(H,14,15). The first kappa shape index (κ1) is 13.8. The molecule has 0 fully saturated rings. The van der Waals surface area contributed by atoms with Crippen LogP contribution in [0.3, 0.4) is 0 Å². The van der Waals surface area contributed by atoms with Gasteiger partial charge in [0.05, 0.1) is 4.92 Å². The van der Waals surface area contributed by atoms with Gasteiger partial charge in [0.2, 0.25) is 0 Å². The third kappa shape index (κ3) is 3.45. The molecule has 1 heterocycles. The Hall–Kier alpha value is -1.60. The highest BCUT2D eigenvalue weighted by molar-refractivity contribution is 9.10. The highest BCUT2D eigenvalue weighted by atomic mass is 79.9. The van der Waals surface area contributed by atoms with Gasteiger partial charge in [0.15, 0.2) is 5.03 Å². The van der Waals surface area contributed by atoms with Crippen molar-refractivity contribution in [2.24, 2.45) is 0 Å². The molecule has 0 unspecified atom stereocenters. The van der Waals surface area contributed by atoms with E-state index >= 15 is 0 Å². The zero-order chi connectivity index (χ0) is 13.8. The predicted octanol–water partition coefficient (Wildman–Crippen LogP) is 3.95. The van der Waals surface area contributed by atoms with Crippen molar-refractivity contribution in [3.05, 3.63) is 51.0 Å². The minimum Gasteiger partial charge on any atom is -0.373 e. The van der Waals surface area contributed by atoms with Gasteiger partial charge in [-0.1, -0.05) is 27.7 Å². The number of pyridine rings is 1. The number of aromatic nitrogens is 1. The van der Waals surface area contributed by atoms with E-state index in [1.165, 1.54) is 17.8 Å². The fourth-order valence-electron chi connectivity index (χ4n) is 1.40. The van der Waals surface area contributed by atoms with E-state index in [1.54, 1.807) is 13.1 Å². The second-order valence-corrected chi connectivity index (χ2v) is 5.56. The van der Waals surface area contributed by atoms with Crippen LogP contribution in [-0.4, -0.2) is 17.0 Å². The van der Waals surface area contributed by atoms with Crippen molar-refractivity contribution >= 4 is 39.2 Å². The number of rotatable bonds is 4. The molecule has 0 bridgehead atoms. The largest absolute Gasteiger partial charge is 0.373 e. The van der Waals surface area contributed by atoms with Crippen molar-refractivity contribution in [1.82, 2.24) is 4.98 Å². The summed E-state index contributed by atoms with van der Waals surface area (Å²) in [6.45, 7) is 0. The lowest BCUT2D eigenvalue weighted by atomic mass is 10.4. The van der Waals surface area contributed by atoms with Gasteiger partial charge in [-0.25, -0.2) is 4.98 Å². The van der Waals surface area contributed by atoms with E-state index in [9.17, 15) is 10.1 Å². The molecule has 2 aromatic rings. The van der Waals surface area contributed by atoms with Gasteiger partial charge in [-0.3, -0.25) is 10.1 Å². The Bertz CT molecular complexity index is 604. The third-order valence-corrected chi connectivity index (χ3v) is 3.85. The van der Waals surface area contributed by atoms with Crippen molar-refractivity contribution in [1.29, 1.82) is 0 Å². The van der Waals surface area contributed by atoms with Gasteiger partial charge < -0.3 is 5.32 Å². The fraction of sp³-hybridized carbons (Fsp3) is 0.0833. The highest BCUT2D eigenvalue weighted by Gasteiger charge is 2.17. The van der Waals surface area contributed by atoms with Crippen molar-refractivity contribution in [3.63, 3.8) is 0 Å². The molecule has 19 heavy (non-hydrogen) atoms. The summed E-state index contributed by atoms with van der Waals surface area (Å²) >= 11 is 4.62. The zero-order valence-corrected chi connectivity index (χ0v) is 12.4. The van der Waals surface area contributed by atoms with Crippen LogP contribution in [0, 0.1) is 10.1 Å². The van der Waals surface area contributed by atoms with Crippen LogP contribution < -0.4 is 5.32 Å². The molecule has 0 saturated carbocycles. The zero-order valence-electron chi connectivity index (χ0n) is 9.96. The first-order valence-electron chi connectivity index (χ1n) is 5.37. The second-order valence-electron chi connectivity index (χ2n) is 3.58. The van der Waals surface area contributed by atoms with Gasteiger partial charge in [0.25, 0.3) is 0 Å². The van der Waals surface area contributed by atoms with Gasteiger partial charge >= 0.3 is 5.69 Å². The van der Waals surface area contributed by atoms with Gasteiger partial charge in [-0.15, -0.1) is 0 Å². The molecule has 1 aromatic heterocycles. The lowest BCUT2D eigenvalue weighted by molar-refractivity contribution is -0.388. The van der Waals surface area contributed by atoms with Crippen molar-refractivity contribution < 1.29 is 4.92 Å². The van der Waals surface area contributed by atoms with E-state index in [0.29, 0.717) is 10.8 Å². The molecular weight excluding hydrogens is 330 g/mol. The third-order valence-electron chi connectivity index (χ3n) is 2.32. The smallest absolute Gasteiger partial charge is 0.301 e. The van der Waals surface area contributed by atoms with Crippen LogP contribution in [0.4, 0.5) is 11.5 Å². The molecule has 0 aliphatic rings. The predicted molar refractivity (Wildman–Crippen MR) is 78.7 cm³/mol. The summed E-state index contributed by atoms with van der Waals surface area (Å²) in [6.07, 6.45) is 0. The number of hydrogen-bond donors (Lipinski definition) is 1. The van der Waals surface area contributed by atoms with Crippen LogP contribution in [0.5, 0.6) is 0 Å². The summed E-state index contributed by atoms with van der Waals surface area (Å²) in [6, 6.07) is 10.6. The number of benzene rings is 1. The molecule has 0 aliphatic carbocycles. The van der Waals surface area contributed by atoms with E-state index in [2.05, 4.69) is 26.2 Å². The Balaban J connectivity index is 2.36. The summed E-state index contributed by atoms with van der Waals surface area (Å²) in [5.74, 6) is 0.602. The maximum Gasteiger partial charge on any atom is 0.301 e. The summed E-state index contributed by atoms with van der Waals surface area (Å²) in [5.41, 5.74) is 0.00641. The van der Waals surface area contributed by atoms with E-state index in [-0.39, 0.29) is 5.69 Å². The topological polar surface area (TPSA) is 68.1 Å². The number of nitrogens with zero attached hydrogens (tertiary/aromatic N) is 2. The number of hydrogen-bond acceptors (Lipinski definition) is 5. The molecule has 98 valence electrons. The van der Waals surface area contributed by atoms with E-state index in [0.717, 1.165) is 9.37 Å². The summed E-state index contributed by atoms with van der Waals surface area (Å²) in [4.78, 5) is 15.7. The normalized spacial score (nSPS) is 10.2. The van der Waals surface area contributed by atoms with Gasteiger partial charge in [-0.2, -0.15) is 0 Å². The fourth-order valence-corrected chi connectivity index (χ4v) is 2.55. The average Bonchev–Trinajstić information content (AvgIpc) is 2.41. The van der Waals surface area contributed by atoms with Crippen LogP contribution in [0.15, 0.2) is 50.8 Å². The quantitative estimate of drug-likeness (QED) is 0.674. The molecule has 7 heteroatoms. The van der Waals surface area contributed by atoms with E-state index in [4.69, 9.17) is 0 Å². The SMILES string of the molecule is CNc1ccc([N+](=O)[O-])c(Sc2ccc(Br)cc2)n1. The molecule has 0 saturated heterocycles.